The van der Waals surface area contributed by atoms with Crippen LogP contribution in [0, 0.1) is 0 Å². The van der Waals surface area contributed by atoms with Crippen molar-refractivity contribution in [2.45, 2.75) is 25.8 Å². The summed E-state index contributed by atoms with van der Waals surface area (Å²) in [7, 11) is 0. The van der Waals surface area contributed by atoms with Gasteiger partial charge in [0.25, 0.3) is 0 Å². The highest BCUT2D eigenvalue weighted by atomic mass is 35.5. The molecule has 1 aromatic carbocycles. The van der Waals surface area contributed by atoms with E-state index in [4.69, 9.17) is 16.6 Å². The lowest BCUT2D eigenvalue weighted by molar-refractivity contribution is 0.220. The number of nitrogens with zero attached hydrogens (tertiary/aromatic N) is 2. The zero-order valence-electron chi connectivity index (χ0n) is 10.8. The van der Waals surface area contributed by atoms with Gasteiger partial charge in [0.05, 0.1) is 12.2 Å². The Morgan fingerprint density at radius 3 is 2.58 bits per heavy atom. The van der Waals surface area contributed by atoms with E-state index >= 15 is 0 Å². The molecule has 0 N–H and O–H groups in total. The molecule has 4 heteroatoms. The smallest absolute Gasteiger partial charge is 0.107 e. The summed E-state index contributed by atoms with van der Waals surface area (Å²) in [6, 6.07) is 7.89. The van der Waals surface area contributed by atoms with Crippen LogP contribution < -0.4 is 0 Å². The van der Waals surface area contributed by atoms with Crippen LogP contribution in [-0.2, 0) is 6.54 Å². The van der Waals surface area contributed by atoms with Gasteiger partial charge >= 0.3 is 0 Å². The van der Waals surface area contributed by atoms with Crippen molar-refractivity contribution < 1.29 is 0 Å². The van der Waals surface area contributed by atoms with Gasteiger partial charge in [-0.25, -0.2) is 4.98 Å². The normalized spacial score (nSPS) is 16.7. The highest BCUT2D eigenvalue weighted by Crippen LogP contribution is 2.24. The van der Waals surface area contributed by atoms with Crippen LogP contribution in [0.1, 0.15) is 24.3 Å². The van der Waals surface area contributed by atoms with Crippen LogP contribution in [0.4, 0.5) is 0 Å². The predicted octanol–water partition coefficient (Wildman–Crippen LogP) is 4.45. The number of rotatable bonds is 3. The van der Waals surface area contributed by atoms with Crippen molar-refractivity contribution in [3.05, 3.63) is 39.7 Å². The maximum atomic E-state index is 5.91. The number of hydrogen-bond donors (Lipinski definition) is 0. The van der Waals surface area contributed by atoms with E-state index in [0.717, 1.165) is 22.8 Å². The molecule has 0 spiro atoms. The van der Waals surface area contributed by atoms with Crippen molar-refractivity contribution in [2.24, 2.45) is 0 Å². The molecule has 1 aromatic heterocycles. The van der Waals surface area contributed by atoms with E-state index in [1.54, 1.807) is 11.3 Å². The van der Waals surface area contributed by atoms with Gasteiger partial charge in [-0.05, 0) is 38.1 Å². The fraction of sp³-hybridized carbons (Fsp3) is 0.400. The minimum Gasteiger partial charge on any atom is -0.297 e. The molecule has 1 fully saturated rings. The second-order valence-electron chi connectivity index (χ2n) is 4.97. The highest BCUT2D eigenvalue weighted by Gasteiger charge is 2.12. The van der Waals surface area contributed by atoms with Gasteiger partial charge in [-0.15, -0.1) is 11.3 Å². The second kappa shape index (κ2) is 6.04. The van der Waals surface area contributed by atoms with Gasteiger partial charge in [-0.1, -0.05) is 30.2 Å². The summed E-state index contributed by atoms with van der Waals surface area (Å²) in [5.41, 5.74) is 2.21. The molecule has 1 aliphatic heterocycles. The number of aromatic nitrogens is 1. The number of piperidine rings is 1. The van der Waals surface area contributed by atoms with Gasteiger partial charge in [-0.3, -0.25) is 4.90 Å². The average molecular weight is 293 g/mol. The van der Waals surface area contributed by atoms with E-state index < -0.39 is 0 Å². The fourth-order valence-corrected chi connectivity index (χ4v) is 3.42. The zero-order chi connectivity index (χ0) is 13.1. The molecule has 0 amide bonds. The molecule has 2 aromatic rings. The molecule has 0 aliphatic carbocycles. The van der Waals surface area contributed by atoms with Crippen LogP contribution in [0.3, 0.4) is 0 Å². The average Bonchev–Trinajstić information content (AvgIpc) is 2.89. The molecule has 0 atom stereocenters. The van der Waals surface area contributed by atoms with E-state index in [-0.39, 0.29) is 0 Å². The molecule has 2 nitrogen and oxygen atoms in total. The van der Waals surface area contributed by atoms with Crippen LogP contribution in [0.25, 0.3) is 11.3 Å². The summed E-state index contributed by atoms with van der Waals surface area (Å²) < 4.78 is 0. The summed E-state index contributed by atoms with van der Waals surface area (Å²) in [5, 5.41) is 4.13. The Morgan fingerprint density at radius 2 is 1.84 bits per heavy atom. The van der Waals surface area contributed by atoms with E-state index in [1.165, 1.54) is 37.4 Å². The lowest BCUT2D eigenvalue weighted by Gasteiger charge is -2.25. The van der Waals surface area contributed by atoms with Crippen LogP contribution in [-0.4, -0.2) is 23.0 Å². The quantitative estimate of drug-likeness (QED) is 0.831. The third-order valence-corrected chi connectivity index (χ3v) is 4.58. The van der Waals surface area contributed by atoms with Gasteiger partial charge in [0, 0.05) is 16.0 Å². The molecule has 3 rings (SSSR count). The third-order valence-electron chi connectivity index (χ3n) is 3.50. The summed E-state index contributed by atoms with van der Waals surface area (Å²) in [6.07, 6.45) is 4.04. The standard InChI is InChI=1S/C15H17ClN2S/c16-13-6-4-12(5-7-13)14-11-19-15(17-14)10-18-8-2-1-3-9-18/h4-7,11H,1-3,8-10H2. The fourth-order valence-electron chi connectivity index (χ4n) is 2.45. The monoisotopic (exact) mass is 292 g/mol. The molecule has 0 saturated carbocycles. The van der Waals surface area contributed by atoms with Gasteiger partial charge in [-0.2, -0.15) is 0 Å². The largest absolute Gasteiger partial charge is 0.297 e. The van der Waals surface area contributed by atoms with Crippen LogP contribution in [0.5, 0.6) is 0 Å². The van der Waals surface area contributed by atoms with E-state index in [2.05, 4.69) is 10.3 Å². The molecule has 1 aliphatic rings. The molecular weight excluding hydrogens is 276 g/mol. The van der Waals surface area contributed by atoms with E-state index in [0.29, 0.717) is 0 Å². The Morgan fingerprint density at radius 1 is 1.11 bits per heavy atom. The van der Waals surface area contributed by atoms with Gasteiger partial charge < -0.3 is 0 Å². The van der Waals surface area contributed by atoms with Crippen molar-refractivity contribution >= 4 is 22.9 Å². The van der Waals surface area contributed by atoms with Gasteiger partial charge in [0.1, 0.15) is 5.01 Å². The minimum absolute atomic E-state index is 0.771. The van der Waals surface area contributed by atoms with Crippen LogP contribution in [0.2, 0.25) is 5.02 Å². The van der Waals surface area contributed by atoms with Crippen molar-refractivity contribution in [1.29, 1.82) is 0 Å². The Bertz CT molecular complexity index is 529. The second-order valence-corrected chi connectivity index (χ2v) is 6.35. The third kappa shape index (κ3) is 3.35. The summed E-state index contributed by atoms with van der Waals surface area (Å²) >= 11 is 7.67. The van der Waals surface area contributed by atoms with Gasteiger partial charge in [0.15, 0.2) is 0 Å². The van der Waals surface area contributed by atoms with Crippen molar-refractivity contribution in [3.63, 3.8) is 0 Å². The predicted molar refractivity (Wildman–Crippen MR) is 81.7 cm³/mol. The van der Waals surface area contributed by atoms with Crippen molar-refractivity contribution in [2.75, 3.05) is 13.1 Å². The summed E-state index contributed by atoms with van der Waals surface area (Å²) in [4.78, 5) is 7.25. The molecule has 0 bridgehead atoms. The summed E-state index contributed by atoms with van der Waals surface area (Å²) in [6.45, 7) is 3.43. The maximum Gasteiger partial charge on any atom is 0.107 e. The topological polar surface area (TPSA) is 16.1 Å². The molecule has 2 heterocycles. The Kier molecular flexibility index (Phi) is 4.16. The molecular formula is C15H17ClN2S. The minimum atomic E-state index is 0.771. The lowest BCUT2D eigenvalue weighted by atomic mass is 10.1. The number of halogens is 1. The van der Waals surface area contributed by atoms with Crippen LogP contribution in [0.15, 0.2) is 29.6 Å². The van der Waals surface area contributed by atoms with E-state index in [1.807, 2.05) is 24.3 Å². The number of benzene rings is 1. The first-order chi connectivity index (χ1) is 9.31. The Balaban J connectivity index is 1.70. The first kappa shape index (κ1) is 13.1. The number of thiazole rings is 1. The molecule has 0 unspecified atom stereocenters. The zero-order valence-corrected chi connectivity index (χ0v) is 12.4. The van der Waals surface area contributed by atoms with Gasteiger partial charge in [0.2, 0.25) is 0 Å². The van der Waals surface area contributed by atoms with Crippen molar-refractivity contribution in [1.82, 2.24) is 9.88 Å². The number of likely N-dealkylation sites (tertiary alicyclic amines) is 1. The molecule has 0 radical (unpaired) electrons. The Labute approximate surface area is 123 Å². The maximum absolute atomic E-state index is 5.91. The van der Waals surface area contributed by atoms with Crippen LogP contribution >= 0.6 is 22.9 Å². The first-order valence-electron chi connectivity index (χ1n) is 6.74. The first-order valence-corrected chi connectivity index (χ1v) is 8.00. The lowest BCUT2D eigenvalue weighted by Crippen LogP contribution is -2.28. The van der Waals surface area contributed by atoms with Crippen molar-refractivity contribution in [3.8, 4) is 11.3 Å². The molecule has 100 valence electrons. The number of hydrogen-bond acceptors (Lipinski definition) is 3. The highest BCUT2D eigenvalue weighted by molar-refractivity contribution is 7.09. The molecule has 19 heavy (non-hydrogen) atoms. The summed E-state index contributed by atoms with van der Waals surface area (Å²) in [5.74, 6) is 0. The SMILES string of the molecule is Clc1ccc(-c2csc(CN3CCCCC3)n2)cc1. The molecule has 1 saturated heterocycles. The van der Waals surface area contributed by atoms with E-state index in [9.17, 15) is 0 Å². The Hall–Kier alpha value is -0.900.